The number of nitrogens with zero attached hydrogens (tertiary/aromatic N) is 1. The van der Waals surface area contributed by atoms with Gasteiger partial charge >= 0.3 is 0 Å². The number of carbonyl (C=O) groups is 1. The van der Waals surface area contributed by atoms with Gasteiger partial charge in [-0.25, -0.2) is 10.8 Å². The quantitative estimate of drug-likeness (QED) is 0.453. The van der Waals surface area contributed by atoms with Crippen LogP contribution in [0.1, 0.15) is 47.1 Å². The minimum Gasteiger partial charge on any atom is -0.289 e. The molecule has 0 saturated carbocycles. The van der Waals surface area contributed by atoms with Crippen molar-refractivity contribution in [3.05, 3.63) is 15.6 Å². The molecular weight excluding hydrogens is 198 g/mol. The van der Waals surface area contributed by atoms with Crippen LogP contribution < -0.4 is 11.3 Å². The Morgan fingerprint density at radius 2 is 2.29 bits per heavy atom. The average molecular weight is 213 g/mol. The highest BCUT2D eigenvalue weighted by Gasteiger charge is 2.17. The second-order valence-electron chi connectivity index (χ2n) is 3.31. The smallest absolute Gasteiger partial charge is 0.277 e. The topological polar surface area (TPSA) is 68.0 Å². The van der Waals surface area contributed by atoms with E-state index in [1.54, 1.807) is 0 Å². The summed E-state index contributed by atoms with van der Waals surface area (Å²) in [6, 6.07) is 0. The highest BCUT2D eigenvalue weighted by molar-refractivity contribution is 7.13. The van der Waals surface area contributed by atoms with Crippen LogP contribution in [0.25, 0.3) is 0 Å². The summed E-state index contributed by atoms with van der Waals surface area (Å²) in [7, 11) is 0. The summed E-state index contributed by atoms with van der Waals surface area (Å²) < 4.78 is 0. The lowest BCUT2D eigenvalue weighted by molar-refractivity contribution is 0.0956. The van der Waals surface area contributed by atoms with Gasteiger partial charge in [0, 0.05) is 5.92 Å². The van der Waals surface area contributed by atoms with Crippen molar-refractivity contribution in [2.24, 2.45) is 5.84 Å². The van der Waals surface area contributed by atoms with Gasteiger partial charge in [0.2, 0.25) is 0 Å². The maximum absolute atomic E-state index is 11.4. The number of hydrogen-bond donors (Lipinski definition) is 2. The molecule has 5 heteroatoms. The van der Waals surface area contributed by atoms with Crippen molar-refractivity contribution in [3.8, 4) is 0 Å². The Labute approximate surface area is 87.5 Å². The molecule has 14 heavy (non-hydrogen) atoms. The number of nitrogen functional groups attached to an aromatic ring is 1. The fourth-order valence-corrected chi connectivity index (χ4v) is 2.16. The number of aryl methyl sites for hydroxylation is 1. The van der Waals surface area contributed by atoms with E-state index in [0.29, 0.717) is 10.8 Å². The number of aromatic nitrogens is 1. The van der Waals surface area contributed by atoms with Crippen LogP contribution in [0.15, 0.2) is 0 Å². The molecule has 0 bridgehead atoms. The van der Waals surface area contributed by atoms with Gasteiger partial charge < -0.3 is 0 Å². The SMILES string of the molecule is CCc1nc(C(C)C)sc1C(=O)NN. The molecule has 0 fully saturated rings. The molecular formula is C9H15N3OS. The molecule has 0 aliphatic carbocycles. The lowest BCUT2D eigenvalue weighted by atomic mass is 10.2. The third-order valence-electron chi connectivity index (χ3n) is 1.88. The Hall–Kier alpha value is -0.940. The highest BCUT2D eigenvalue weighted by atomic mass is 32.1. The third-order valence-corrected chi connectivity index (χ3v) is 3.28. The van der Waals surface area contributed by atoms with E-state index >= 15 is 0 Å². The maximum atomic E-state index is 11.4. The standard InChI is InChI=1S/C9H15N3OS/c1-4-6-7(8(13)12-10)14-9(11-6)5(2)3/h5H,4,10H2,1-3H3,(H,12,13). The van der Waals surface area contributed by atoms with E-state index in [4.69, 9.17) is 5.84 Å². The van der Waals surface area contributed by atoms with Crippen molar-refractivity contribution in [1.29, 1.82) is 0 Å². The Morgan fingerprint density at radius 1 is 1.64 bits per heavy atom. The van der Waals surface area contributed by atoms with Crippen LogP contribution in [-0.4, -0.2) is 10.9 Å². The van der Waals surface area contributed by atoms with E-state index in [0.717, 1.165) is 17.1 Å². The minimum absolute atomic E-state index is 0.244. The molecule has 1 aromatic rings. The van der Waals surface area contributed by atoms with Crippen LogP contribution in [0.3, 0.4) is 0 Å². The fraction of sp³-hybridized carbons (Fsp3) is 0.556. The van der Waals surface area contributed by atoms with Gasteiger partial charge in [-0.1, -0.05) is 20.8 Å². The Bertz CT molecular complexity index is 333. The number of carbonyl (C=O) groups excluding carboxylic acids is 1. The molecule has 1 rings (SSSR count). The summed E-state index contributed by atoms with van der Waals surface area (Å²) in [4.78, 5) is 16.4. The molecule has 0 atom stereocenters. The van der Waals surface area contributed by atoms with Crippen LogP contribution in [0.5, 0.6) is 0 Å². The Balaban J connectivity index is 3.08. The Kier molecular flexibility index (Phi) is 3.60. The lowest BCUT2D eigenvalue weighted by Crippen LogP contribution is -2.30. The van der Waals surface area contributed by atoms with Gasteiger partial charge in [-0.05, 0) is 6.42 Å². The number of amides is 1. The van der Waals surface area contributed by atoms with E-state index < -0.39 is 0 Å². The molecule has 4 nitrogen and oxygen atoms in total. The molecule has 0 unspecified atom stereocenters. The first-order valence-corrected chi connectivity index (χ1v) is 5.42. The van der Waals surface area contributed by atoms with Gasteiger partial charge in [0.05, 0.1) is 10.7 Å². The first kappa shape index (κ1) is 11.1. The van der Waals surface area contributed by atoms with Crippen molar-refractivity contribution in [2.75, 3.05) is 0 Å². The fourth-order valence-electron chi connectivity index (χ4n) is 1.10. The molecule has 0 aromatic carbocycles. The first-order valence-electron chi connectivity index (χ1n) is 4.60. The predicted octanol–water partition coefficient (Wildman–Crippen LogP) is 1.43. The molecule has 0 radical (unpaired) electrons. The summed E-state index contributed by atoms with van der Waals surface area (Å²) in [6.45, 7) is 6.09. The Morgan fingerprint density at radius 3 is 2.71 bits per heavy atom. The molecule has 1 amide bonds. The zero-order valence-electron chi connectivity index (χ0n) is 8.63. The van der Waals surface area contributed by atoms with Gasteiger partial charge in [-0.2, -0.15) is 0 Å². The van der Waals surface area contributed by atoms with Crippen LogP contribution in [0, 0.1) is 0 Å². The van der Waals surface area contributed by atoms with Crippen molar-refractivity contribution in [3.63, 3.8) is 0 Å². The molecule has 1 aromatic heterocycles. The van der Waals surface area contributed by atoms with E-state index in [2.05, 4.69) is 24.3 Å². The molecule has 0 aliphatic heterocycles. The second kappa shape index (κ2) is 4.52. The summed E-state index contributed by atoms with van der Waals surface area (Å²) >= 11 is 1.42. The van der Waals surface area contributed by atoms with Crippen molar-refractivity contribution in [1.82, 2.24) is 10.4 Å². The van der Waals surface area contributed by atoms with Crippen LogP contribution in [0.4, 0.5) is 0 Å². The van der Waals surface area contributed by atoms with Gasteiger partial charge in [0.15, 0.2) is 0 Å². The zero-order chi connectivity index (χ0) is 10.7. The summed E-state index contributed by atoms with van der Waals surface area (Å²) in [5, 5.41) is 0.987. The monoisotopic (exact) mass is 213 g/mol. The molecule has 0 saturated heterocycles. The molecule has 1 heterocycles. The summed E-state index contributed by atoms with van der Waals surface area (Å²) in [5.74, 6) is 5.20. The average Bonchev–Trinajstić information content (AvgIpc) is 2.60. The minimum atomic E-state index is -0.244. The normalized spacial score (nSPS) is 10.6. The number of hydrogen-bond acceptors (Lipinski definition) is 4. The van der Waals surface area contributed by atoms with E-state index in [1.165, 1.54) is 11.3 Å². The van der Waals surface area contributed by atoms with Gasteiger partial charge in [-0.3, -0.25) is 10.2 Å². The van der Waals surface area contributed by atoms with Crippen molar-refractivity contribution >= 4 is 17.2 Å². The number of nitrogens with two attached hydrogens (primary N) is 1. The van der Waals surface area contributed by atoms with Crippen LogP contribution >= 0.6 is 11.3 Å². The highest BCUT2D eigenvalue weighted by Crippen LogP contribution is 2.24. The van der Waals surface area contributed by atoms with Crippen molar-refractivity contribution < 1.29 is 4.79 Å². The van der Waals surface area contributed by atoms with E-state index in [9.17, 15) is 4.79 Å². The largest absolute Gasteiger partial charge is 0.289 e. The first-order chi connectivity index (χ1) is 6.60. The predicted molar refractivity (Wildman–Crippen MR) is 57.2 cm³/mol. The van der Waals surface area contributed by atoms with Gasteiger partial charge in [-0.15, -0.1) is 11.3 Å². The molecule has 78 valence electrons. The third kappa shape index (κ3) is 2.10. The van der Waals surface area contributed by atoms with Gasteiger partial charge in [0.25, 0.3) is 5.91 Å². The second-order valence-corrected chi connectivity index (χ2v) is 4.34. The van der Waals surface area contributed by atoms with E-state index in [1.807, 2.05) is 6.92 Å². The zero-order valence-corrected chi connectivity index (χ0v) is 9.44. The number of rotatable bonds is 3. The van der Waals surface area contributed by atoms with Crippen molar-refractivity contribution in [2.45, 2.75) is 33.1 Å². The summed E-state index contributed by atoms with van der Waals surface area (Å²) in [6.07, 6.45) is 0.756. The molecule has 0 spiro atoms. The number of hydrazine groups is 1. The number of nitrogens with one attached hydrogen (secondary N) is 1. The maximum Gasteiger partial charge on any atom is 0.277 e. The van der Waals surface area contributed by atoms with Gasteiger partial charge in [0.1, 0.15) is 4.88 Å². The lowest BCUT2D eigenvalue weighted by Gasteiger charge is -1.96. The van der Waals surface area contributed by atoms with Crippen LogP contribution in [0.2, 0.25) is 0 Å². The molecule has 0 aliphatic rings. The molecule has 3 N–H and O–H groups in total. The van der Waals surface area contributed by atoms with E-state index in [-0.39, 0.29) is 5.91 Å². The summed E-state index contributed by atoms with van der Waals surface area (Å²) in [5.41, 5.74) is 2.97. The van der Waals surface area contributed by atoms with Crippen LogP contribution in [-0.2, 0) is 6.42 Å². The number of thiazole rings is 1.